The lowest BCUT2D eigenvalue weighted by atomic mass is 10.2. The number of carbonyl (C=O) groups excluding carboxylic acids is 2. The van der Waals surface area contributed by atoms with Crippen LogP contribution >= 0.6 is 0 Å². The van der Waals surface area contributed by atoms with Crippen molar-refractivity contribution in [3.05, 3.63) is 24.3 Å². The molecule has 3 rings (SSSR count). The number of benzene rings is 1. The van der Waals surface area contributed by atoms with Gasteiger partial charge in [-0.3, -0.25) is 9.59 Å². The van der Waals surface area contributed by atoms with E-state index in [0.717, 1.165) is 38.2 Å². The minimum atomic E-state index is -0.158. The molecule has 0 saturated carbocycles. The third-order valence-corrected chi connectivity index (χ3v) is 4.87. The molecular weight excluding hydrogens is 318 g/mol. The Balaban J connectivity index is 1.57. The highest BCUT2D eigenvalue weighted by molar-refractivity contribution is 5.97. The zero-order valence-corrected chi connectivity index (χ0v) is 14.9. The first-order chi connectivity index (χ1) is 12.1. The molecule has 1 aromatic carbocycles. The second-order valence-corrected chi connectivity index (χ2v) is 6.75. The molecule has 25 heavy (non-hydrogen) atoms. The maximum absolute atomic E-state index is 12.2. The maximum atomic E-state index is 12.2. The first-order valence-electron chi connectivity index (χ1n) is 9.15. The van der Waals surface area contributed by atoms with E-state index in [2.05, 4.69) is 10.2 Å². The molecule has 0 bridgehead atoms. The summed E-state index contributed by atoms with van der Waals surface area (Å²) >= 11 is 0. The molecule has 136 valence electrons. The summed E-state index contributed by atoms with van der Waals surface area (Å²) in [6.45, 7) is 4.97. The number of nitrogens with one attached hydrogen (secondary N) is 1. The lowest BCUT2D eigenvalue weighted by Gasteiger charge is -2.23. The Morgan fingerprint density at radius 1 is 1.20 bits per heavy atom. The van der Waals surface area contributed by atoms with Crippen molar-refractivity contribution in [2.24, 2.45) is 0 Å². The van der Waals surface area contributed by atoms with Crippen molar-refractivity contribution in [2.45, 2.75) is 38.7 Å². The largest absolute Gasteiger partial charge is 0.376 e. The average Bonchev–Trinajstić information content (AvgIpc) is 3.31. The van der Waals surface area contributed by atoms with Gasteiger partial charge in [-0.2, -0.15) is 0 Å². The van der Waals surface area contributed by atoms with Gasteiger partial charge in [-0.05, 0) is 49.9 Å². The lowest BCUT2D eigenvalue weighted by Crippen LogP contribution is -2.42. The molecule has 6 heteroatoms. The summed E-state index contributed by atoms with van der Waals surface area (Å²) in [5.74, 6) is -0.296. The number of nitrogens with zero attached hydrogens (tertiary/aromatic N) is 2. The number of carbonyl (C=O) groups is 2. The van der Waals surface area contributed by atoms with Crippen LogP contribution in [0.2, 0.25) is 0 Å². The van der Waals surface area contributed by atoms with Crippen LogP contribution in [0.1, 0.15) is 32.6 Å². The first-order valence-corrected chi connectivity index (χ1v) is 9.15. The molecule has 2 aliphatic heterocycles. The van der Waals surface area contributed by atoms with Crippen molar-refractivity contribution in [2.75, 3.05) is 42.6 Å². The third kappa shape index (κ3) is 4.72. The molecule has 2 fully saturated rings. The molecule has 0 radical (unpaired) electrons. The van der Waals surface area contributed by atoms with Gasteiger partial charge in [0.25, 0.3) is 0 Å². The van der Waals surface area contributed by atoms with E-state index in [9.17, 15) is 9.59 Å². The molecule has 0 aliphatic carbocycles. The van der Waals surface area contributed by atoms with E-state index >= 15 is 0 Å². The van der Waals surface area contributed by atoms with Crippen molar-refractivity contribution in [3.8, 4) is 0 Å². The van der Waals surface area contributed by atoms with Gasteiger partial charge >= 0.3 is 0 Å². The molecule has 2 saturated heterocycles. The van der Waals surface area contributed by atoms with E-state index in [4.69, 9.17) is 4.74 Å². The third-order valence-electron chi connectivity index (χ3n) is 4.87. The minimum absolute atomic E-state index is 0.0329. The molecule has 2 aliphatic rings. The van der Waals surface area contributed by atoms with Crippen LogP contribution in [0.4, 0.5) is 11.4 Å². The van der Waals surface area contributed by atoms with Gasteiger partial charge in [0.05, 0.1) is 6.10 Å². The quantitative estimate of drug-likeness (QED) is 0.856. The Morgan fingerprint density at radius 2 is 1.92 bits per heavy atom. The highest BCUT2D eigenvalue weighted by Gasteiger charge is 2.20. The summed E-state index contributed by atoms with van der Waals surface area (Å²) in [4.78, 5) is 28.0. The minimum Gasteiger partial charge on any atom is -0.376 e. The topological polar surface area (TPSA) is 61.9 Å². The number of ether oxygens (including phenoxy) is 1. The molecular formula is C19H27N3O3. The Morgan fingerprint density at radius 3 is 2.52 bits per heavy atom. The van der Waals surface area contributed by atoms with Crippen LogP contribution in [-0.4, -0.2) is 50.7 Å². The van der Waals surface area contributed by atoms with Crippen molar-refractivity contribution in [3.63, 3.8) is 0 Å². The molecule has 0 spiro atoms. The average molecular weight is 345 g/mol. The van der Waals surface area contributed by atoms with Crippen molar-refractivity contribution in [1.82, 2.24) is 5.32 Å². The molecule has 6 nitrogen and oxygen atoms in total. The van der Waals surface area contributed by atoms with E-state index in [1.54, 1.807) is 0 Å². The predicted octanol–water partition coefficient (Wildman–Crippen LogP) is 1.93. The number of hydrogen-bond acceptors (Lipinski definition) is 4. The molecule has 0 aromatic heterocycles. The maximum Gasteiger partial charge on any atom is 0.240 e. The van der Waals surface area contributed by atoms with Crippen LogP contribution in [0.5, 0.6) is 0 Å². The summed E-state index contributed by atoms with van der Waals surface area (Å²) < 4.78 is 5.50. The Bertz CT molecular complexity index is 590. The van der Waals surface area contributed by atoms with Gasteiger partial charge in [0.15, 0.2) is 0 Å². The molecule has 1 unspecified atom stereocenters. The van der Waals surface area contributed by atoms with Gasteiger partial charge < -0.3 is 19.9 Å². The van der Waals surface area contributed by atoms with Crippen LogP contribution in [-0.2, 0) is 14.3 Å². The van der Waals surface area contributed by atoms with Crippen molar-refractivity contribution in [1.29, 1.82) is 0 Å². The summed E-state index contributed by atoms with van der Waals surface area (Å²) in [5, 5.41) is 2.87. The van der Waals surface area contributed by atoms with Crippen LogP contribution in [0.25, 0.3) is 0 Å². The van der Waals surface area contributed by atoms with Gasteiger partial charge in [0.1, 0.15) is 6.54 Å². The van der Waals surface area contributed by atoms with Crippen molar-refractivity contribution >= 4 is 23.2 Å². The fraction of sp³-hybridized carbons (Fsp3) is 0.579. The Hall–Kier alpha value is -2.08. The van der Waals surface area contributed by atoms with Gasteiger partial charge in [0.2, 0.25) is 11.8 Å². The molecule has 1 N–H and O–H groups in total. The van der Waals surface area contributed by atoms with E-state index in [-0.39, 0.29) is 24.5 Å². The SMILES string of the molecule is CC(=O)N(CC(=O)NCC1CCCO1)c1ccc(N2CCCC2)cc1. The summed E-state index contributed by atoms with van der Waals surface area (Å²) in [7, 11) is 0. The zero-order valence-electron chi connectivity index (χ0n) is 14.9. The van der Waals surface area contributed by atoms with Crippen LogP contribution < -0.4 is 15.1 Å². The fourth-order valence-electron chi connectivity index (χ4n) is 3.44. The van der Waals surface area contributed by atoms with Gasteiger partial charge in [0, 0.05) is 44.5 Å². The summed E-state index contributed by atoms with van der Waals surface area (Å²) in [6, 6.07) is 7.90. The first kappa shape index (κ1) is 17.7. The second kappa shape index (κ2) is 8.34. The normalized spacial score (nSPS) is 19.9. The molecule has 2 amide bonds. The number of anilines is 2. The summed E-state index contributed by atoms with van der Waals surface area (Å²) in [5.41, 5.74) is 1.93. The highest BCUT2D eigenvalue weighted by atomic mass is 16.5. The van der Waals surface area contributed by atoms with Crippen molar-refractivity contribution < 1.29 is 14.3 Å². The number of rotatable bonds is 6. The van der Waals surface area contributed by atoms with Crippen LogP contribution in [0.3, 0.4) is 0 Å². The summed E-state index contributed by atoms with van der Waals surface area (Å²) in [6.07, 6.45) is 4.59. The second-order valence-electron chi connectivity index (χ2n) is 6.75. The molecule has 1 atom stereocenters. The Labute approximate surface area is 149 Å². The van der Waals surface area contributed by atoms with Gasteiger partial charge in [-0.1, -0.05) is 0 Å². The van der Waals surface area contributed by atoms with E-state index < -0.39 is 0 Å². The van der Waals surface area contributed by atoms with E-state index in [1.807, 2.05) is 24.3 Å². The van der Waals surface area contributed by atoms with Crippen LogP contribution in [0, 0.1) is 0 Å². The monoisotopic (exact) mass is 345 g/mol. The Kier molecular flexibility index (Phi) is 5.91. The molecule has 2 heterocycles. The predicted molar refractivity (Wildman–Crippen MR) is 97.9 cm³/mol. The molecule has 1 aromatic rings. The van der Waals surface area contributed by atoms with Crippen LogP contribution in [0.15, 0.2) is 24.3 Å². The number of amides is 2. The van der Waals surface area contributed by atoms with Gasteiger partial charge in [-0.25, -0.2) is 0 Å². The smallest absolute Gasteiger partial charge is 0.240 e. The van der Waals surface area contributed by atoms with Gasteiger partial charge in [-0.15, -0.1) is 0 Å². The zero-order chi connectivity index (χ0) is 17.6. The fourth-order valence-corrected chi connectivity index (χ4v) is 3.44. The van der Waals surface area contributed by atoms with E-state index in [1.165, 1.54) is 30.4 Å². The lowest BCUT2D eigenvalue weighted by molar-refractivity contribution is -0.123. The van der Waals surface area contributed by atoms with E-state index in [0.29, 0.717) is 6.54 Å². The number of hydrogen-bond donors (Lipinski definition) is 1. The highest BCUT2D eigenvalue weighted by Crippen LogP contribution is 2.24. The standard InChI is InChI=1S/C19H27N3O3/c1-15(23)22(14-19(24)20-13-18-5-4-12-25-18)17-8-6-16(7-9-17)21-10-2-3-11-21/h6-9,18H,2-5,10-14H2,1H3,(H,20,24).